The number of isocyanates is 2. The Kier molecular flexibility index (Phi) is 1200. The highest BCUT2D eigenvalue weighted by atomic mass is 16.2. The molecular formula is C10H28N2O6. The summed E-state index contributed by atoms with van der Waals surface area (Å²) >= 11 is 0. The van der Waals surface area contributed by atoms with Crippen molar-refractivity contribution < 1.29 is 30.0 Å². The fourth-order valence-corrected chi connectivity index (χ4v) is 0. The first-order chi connectivity index (χ1) is 8.74. The smallest absolute Gasteiger partial charge is 0.231 e. The van der Waals surface area contributed by atoms with Crippen LogP contribution in [0.25, 0.3) is 0 Å². The Bertz CT molecular complexity index is 96.9. The van der Waals surface area contributed by atoms with Crippen molar-refractivity contribution in [3.63, 3.8) is 0 Å². The molecule has 0 spiro atoms. The maximum Gasteiger partial charge on any atom is 0.231 e. The quantitative estimate of drug-likeness (QED) is 0.291. The van der Waals surface area contributed by atoms with Crippen molar-refractivity contribution in [3.8, 4) is 0 Å². The van der Waals surface area contributed by atoms with Crippen LogP contribution in [0.5, 0.6) is 0 Å². The van der Waals surface area contributed by atoms with Crippen LogP contribution in [0.4, 0.5) is 0 Å². The molecule has 0 aromatic carbocycles. The monoisotopic (exact) mass is 272 g/mol. The number of hydrogen-bond donors (Lipinski definition) is 6. The SMILES string of the molecule is CCCC.CO.CO.CO.CO.N=C=O.N=C=O. The number of hydrogen-bond acceptors (Lipinski definition) is 8. The molecule has 0 saturated heterocycles. The topological polar surface area (TPSA) is 163 Å². The van der Waals surface area contributed by atoms with Gasteiger partial charge < -0.3 is 20.4 Å². The van der Waals surface area contributed by atoms with Crippen LogP contribution < -0.4 is 0 Å². The average Bonchev–Trinajstić information content (AvgIpc) is 2.49. The molecule has 0 saturated carbocycles. The van der Waals surface area contributed by atoms with E-state index in [0.29, 0.717) is 0 Å². The predicted octanol–water partition coefficient (Wildman–Crippen LogP) is 0.0423. The highest BCUT2D eigenvalue weighted by Crippen LogP contribution is 1.76. The Labute approximate surface area is 109 Å². The maximum atomic E-state index is 8.35. The third-order valence-electron chi connectivity index (χ3n) is 0.500. The van der Waals surface area contributed by atoms with Gasteiger partial charge in [-0.2, -0.15) is 0 Å². The molecule has 8 heteroatoms. The molecule has 0 aliphatic carbocycles. The largest absolute Gasteiger partial charge is 0.400 e. The number of rotatable bonds is 1. The van der Waals surface area contributed by atoms with Gasteiger partial charge in [0.1, 0.15) is 0 Å². The van der Waals surface area contributed by atoms with Gasteiger partial charge in [0.2, 0.25) is 12.2 Å². The molecule has 0 aromatic heterocycles. The molecule has 114 valence electrons. The van der Waals surface area contributed by atoms with Crippen LogP contribution in [-0.4, -0.2) is 61.0 Å². The summed E-state index contributed by atoms with van der Waals surface area (Å²) in [5, 5.41) is 38.8. The predicted molar refractivity (Wildman–Crippen MR) is 70.0 cm³/mol. The number of aliphatic hydroxyl groups excluding tert-OH is 4. The normalized spacial score (nSPS) is 3.89. The highest BCUT2D eigenvalue weighted by Gasteiger charge is 1.56. The molecule has 0 fully saturated rings. The van der Waals surface area contributed by atoms with E-state index in [2.05, 4.69) is 13.8 Å². The molecule has 0 aromatic rings. The van der Waals surface area contributed by atoms with E-state index in [1.54, 1.807) is 0 Å². The van der Waals surface area contributed by atoms with Gasteiger partial charge in [0.05, 0.1) is 0 Å². The standard InChI is InChI=1S/C4H10.2CHNO.4CH4O/c1-3-4-2;2*2-1-3;4*1-2/h3-4H2,1-2H3;2*2H;4*2H,1H3. The van der Waals surface area contributed by atoms with E-state index in [0.717, 1.165) is 40.6 Å². The van der Waals surface area contributed by atoms with Gasteiger partial charge in [-0.3, -0.25) is 0 Å². The highest BCUT2D eigenvalue weighted by molar-refractivity contribution is 5.26. The third kappa shape index (κ3) is 16900. The molecule has 0 amide bonds. The third-order valence-corrected chi connectivity index (χ3v) is 0.500. The summed E-state index contributed by atoms with van der Waals surface area (Å²) in [6.07, 6.45) is 4.14. The lowest BCUT2D eigenvalue weighted by molar-refractivity contribution is 0.399. The van der Waals surface area contributed by atoms with Gasteiger partial charge >= 0.3 is 0 Å². The summed E-state index contributed by atoms with van der Waals surface area (Å²) in [6.45, 7) is 4.36. The van der Waals surface area contributed by atoms with E-state index in [9.17, 15) is 0 Å². The van der Waals surface area contributed by atoms with Crippen LogP contribution in [-0.2, 0) is 9.59 Å². The van der Waals surface area contributed by atoms with Gasteiger partial charge in [0, 0.05) is 28.4 Å². The van der Waals surface area contributed by atoms with Crippen LogP contribution in [0.15, 0.2) is 0 Å². The molecular weight excluding hydrogens is 244 g/mol. The van der Waals surface area contributed by atoms with Crippen LogP contribution in [0.3, 0.4) is 0 Å². The summed E-state index contributed by atoms with van der Waals surface area (Å²) < 4.78 is 0. The molecule has 8 nitrogen and oxygen atoms in total. The Hall–Kier alpha value is -1.40. The number of carbonyl (C=O) groups excluding carboxylic acids is 2. The van der Waals surface area contributed by atoms with Crippen LogP contribution in [0, 0.1) is 10.8 Å². The second-order valence-corrected chi connectivity index (χ2v) is 1.20. The van der Waals surface area contributed by atoms with Crippen LogP contribution in [0.2, 0.25) is 0 Å². The fraction of sp³-hybridized carbons (Fsp3) is 0.800. The molecule has 18 heavy (non-hydrogen) atoms. The van der Waals surface area contributed by atoms with Crippen molar-refractivity contribution in [3.05, 3.63) is 0 Å². The molecule has 0 unspecified atom stereocenters. The maximum absolute atomic E-state index is 8.35. The van der Waals surface area contributed by atoms with Gasteiger partial charge in [-0.05, 0) is 0 Å². The lowest BCUT2D eigenvalue weighted by atomic mass is 10.4. The van der Waals surface area contributed by atoms with Crippen LogP contribution in [0.1, 0.15) is 26.7 Å². The minimum atomic E-state index is 0.750. The van der Waals surface area contributed by atoms with E-state index in [1.165, 1.54) is 12.8 Å². The van der Waals surface area contributed by atoms with Crippen molar-refractivity contribution in [1.82, 2.24) is 0 Å². The summed E-state index contributed by atoms with van der Waals surface area (Å²) in [6, 6.07) is 0. The molecule has 0 radical (unpaired) electrons. The molecule has 0 bridgehead atoms. The first kappa shape index (κ1) is 43.8. The summed E-state index contributed by atoms with van der Waals surface area (Å²) in [4.78, 5) is 16.7. The molecule has 0 aliphatic heterocycles. The van der Waals surface area contributed by atoms with Crippen molar-refractivity contribution in [2.45, 2.75) is 26.7 Å². The number of nitrogens with one attached hydrogen (secondary N) is 2. The van der Waals surface area contributed by atoms with Crippen molar-refractivity contribution in [1.29, 1.82) is 10.8 Å². The Morgan fingerprint density at radius 1 is 0.667 bits per heavy atom. The van der Waals surface area contributed by atoms with Gasteiger partial charge in [-0.15, -0.1) is 0 Å². The second-order valence-electron chi connectivity index (χ2n) is 1.20. The van der Waals surface area contributed by atoms with Gasteiger partial charge in [-0.1, -0.05) is 26.7 Å². The fourth-order valence-electron chi connectivity index (χ4n) is 0. The molecule has 0 aliphatic rings. The minimum Gasteiger partial charge on any atom is -0.400 e. The molecule has 0 atom stereocenters. The van der Waals surface area contributed by atoms with Crippen LogP contribution >= 0.6 is 0 Å². The second kappa shape index (κ2) is 492. The molecule has 0 heterocycles. The van der Waals surface area contributed by atoms with Gasteiger partial charge in [0.15, 0.2) is 0 Å². The van der Waals surface area contributed by atoms with E-state index in [1.807, 2.05) is 0 Å². The lowest BCUT2D eigenvalue weighted by Gasteiger charge is -1.68. The zero-order valence-corrected chi connectivity index (χ0v) is 12.0. The summed E-state index contributed by atoms with van der Waals surface area (Å²) in [7, 11) is 4.00. The van der Waals surface area contributed by atoms with Crippen molar-refractivity contribution in [2.24, 2.45) is 0 Å². The average molecular weight is 272 g/mol. The number of aliphatic hydroxyl groups is 4. The zero-order valence-electron chi connectivity index (χ0n) is 12.0. The Balaban J connectivity index is -0.0000000161. The first-order valence-electron chi connectivity index (χ1n) is 4.61. The zero-order chi connectivity index (χ0) is 16.8. The Morgan fingerprint density at radius 3 is 0.722 bits per heavy atom. The lowest BCUT2D eigenvalue weighted by Crippen LogP contribution is -1.47. The minimum absolute atomic E-state index is 0.750. The van der Waals surface area contributed by atoms with E-state index >= 15 is 0 Å². The van der Waals surface area contributed by atoms with E-state index < -0.39 is 0 Å². The summed E-state index contributed by atoms with van der Waals surface area (Å²) in [5.74, 6) is 0. The Morgan fingerprint density at radius 2 is 0.722 bits per heavy atom. The van der Waals surface area contributed by atoms with Gasteiger partial charge in [-0.25, -0.2) is 20.4 Å². The van der Waals surface area contributed by atoms with E-state index in [4.69, 9.17) is 40.8 Å². The van der Waals surface area contributed by atoms with Gasteiger partial charge in [0.25, 0.3) is 0 Å². The number of unbranched alkanes of at least 4 members (excludes halogenated alkanes) is 1. The first-order valence-corrected chi connectivity index (χ1v) is 4.61. The van der Waals surface area contributed by atoms with E-state index in [-0.39, 0.29) is 0 Å². The van der Waals surface area contributed by atoms with Crippen molar-refractivity contribution in [2.75, 3.05) is 28.4 Å². The van der Waals surface area contributed by atoms with Crippen molar-refractivity contribution >= 4 is 12.2 Å². The molecule has 6 N–H and O–H groups in total. The molecule has 0 rings (SSSR count). The summed E-state index contributed by atoms with van der Waals surface area (Å²) in [5.41, 5.74) is 0.